The number of hydrogen-bond acceptors (Lipinski definition) is 3. The molecule has 4 nitrogen and oxygen atoms in total. The molecule has 0 saturated heterocycles. The number of fused-ring (bicyclic) bond motifs is 1. The topological polar surface area (TPSA) is 41.3 Å². The molecule has 1 aromatic carbocycles. The summed E-state index contributed by atoms with van der Waals surface area (Å²) in [6.45, 7) is 3.31. The first-order chi connectivity index (χ1) is 10.9. The third-order valence-electron chi connectivity index (χ3n) is 4.57. The Morgan fingerprint density at radius 2 is 2.09 bits per heavy atom. The van der Waals surface area contributed by atoms with Crippen molar-refractivity contribution in [3.8, 4) is 0 Å². The van der Waals surface area contributed by atoms with Gasteiger partial charge in [0.2, 0.25) is 0 Å². The predicted octanol–water partition coefficient (Wildman–Crippen LogP) is 2.65. The van der Waals surface area contributed by atoms with Gasteiger partial charge in [-0.05, 0) is 36.8 Å². The van der Waals surface area contributed by atoms with Gasteiger partial charge in [0.15, 0.2) is 0 Å². The van der Waals surface area contributed by atoms with Gasteiger partial charge in [-0.3, -0.25) is 4.90 Å². The SMILES string of the molecule is OCCCN(CCCn1ccnc1)C1CCc2ccccc21. The Kier molecular flexibility index (Phi) is 5.24. The molecule has 0 radical (unpaired) electrons. The van der Waals surface area contributed by atoms with Gasteiger partial charge in [-0.1, -0.05) is 24.3 Å². The Hall–Kier alpha value is -1.65. The Morgan fingerprint density at radius 1 is 1.23 bits per heavy atom. The second kappa shape index (κ2) is 7.56. The molecule has 1 aliphatic carbocycles. The molecular weight excluding hydrogens is 274 g/mol. The second-order valence-corrected chi connectivity index (χ2v) is 6.02. The van der Waals surface area contributed by atoms with Crippen LogP contribution in [0.25, 0.3) is 0 Å². The molecule has 0 bridgehead atoms. The van der Waals surface area contributed by atoms with Gasteiger partial charge in [0.25, 0.3) is 0 Å². The number of benzene rings is 1. The van der Waals surface area contributed by atoms with Crippen molar-refractivity contribution in [2.24, 2.45) is 0 Å². The van der Waals surface area contributed by atoms with Crippen molar-refractivity contribution >= 4 is 0 Å². The molecule has 0 fully saturated rings. The number of hydrogen-bond donors (Lipinski definition) is 1. The average molecular weight is 299 g/mol. The molecule has 0 amide bonds. The van der Waals surface area contributed by atoms with E-state index in [-0.39, 0.29) is 6.61 Å². The first-order valence-electron chi connectivity index (χ1n) is 8.27. The van der Waals surface area contributed by atoms with Crippen molar-refractivity contribution in [1.82, 2.24) is 14.5 Å². The van der Waals surface area contributed by atoms with Crippen LogP contribution in [0.2, 0.25) is 0 Å². The third kappa shape index (κ3) is 3.57. The first kappa shape index (κ1) is 15.3. The first-order valence-corrected chi connectivity index (χ1v) is 8.27. The number of imidazole rings is 1. The highest BCUT2D eigenvalue weighted by Crippen LogP contribution is 2.35. The summed E-state index contributed by atoms with van der Waals surface area (Å²) in [6, 6.07) is 9.33. The Balaban J connectivity index is 1.62. The lowest BCUT2D eigenvalue weighted by molar-refractivity contribution is 0.169. The molecule has 1 aliphatic rings. The smallest absolute Gasteiger partial charge is 0.0945 e. The number of aliphatic hydroxyl groups excluding tert-OH is 1. The van der Waals surface area contributed by atoms with Gasteiger partial charge in [0.05, 0.1) is 6.33 Å². The summed E-state index contributed by atoms with van der Waals surface area (Å²) in [5.41, 5.74) is 2.99. The van der Waals surface area contributed by atoms with E-state index in [9.17, 15) is 5.11 Å². The molecule has 0 spiro atoms. The van der Waals surface area contributed by atoms with Gasteiger partial charge in [0.1, 0.15) is 0 Å². The highest BCUT2D eigenvalue weighted by atomic mass is 16.3. The van der Waals surface area contributed by atoms with Crippen LogP contribution in [0.1, 0.15) is 36.4 Å². The highest BCUT2D eigenvalue weighted by Gasteiger charge is 2.26. The lowest BCUT2D eigenvalue weighted by atomic mass is 10.1. The average Bonchev–Trinajstić information content (AvgIpc) is 3.20. The quantitative estimate of drug-likeness (QED) is 0.815. The largest absolute Gasteiger partial charge is 0.396 e. The summed E-state index contributed by atoms with van der Waals surface area (Å²) < 4.78 is 2.13. The van der Waals surface area contributed by atoms with Crippen molar-refractivity contribution in [1.29, 1.82) is 0 Å². The molecule has 0 aliphatic heterocycles. The summed E-state index contributed by atoms with van der Waals surface area (Å²) in [4.78, 5) is 6.65. The summed E-state index contributed by atoms with van der Waals surface area (Å²) in [6.07, 6.45) is 10.1. The van der Waals surface area contributed by atoms with E-state index in [0.717, 1.165) is 32.5 Å². The lowest BCUT2D eigenvalue weighted by Crippen LogP contribution is -2.30. The maximum atomic E-state index is 9.19. The Labute approximate surface area is 132 Å². The van der Waals surface area contributed by atoms with E-state index in [2.05, 4.69) is 38.7 Å². The van der Waals surface area contributed by atoms with Crippen LogP contribution in [0.5, 0.6) is 0 Å². The van der Waals surface area contributed by atoms with Crippen LogP contribution >= 0.6 is 0 Å². The number of aromatic nitrogens is 2. The van der Waals surface area contributed by atoms with E-state index in [1.165, 1.54) is 24.0 Å². The molecule has 3 rings (SSSR count). The standard InChI is InChI=1S/C18H25N3O/c22-14-4-12-21(11-3-10-20-13-9-19-15-20)18-8-7-16-5-1-2-6-17(16)18/h1-2,5-6,9,13,15,18,22H,3-4,7-8,10-12,14H2. The van der Waals surface area contributed by atoms with Gasteiger partial charge in [-0.15, -0.1) is 0 Å². The molecular formula is C18H25N3O. The minimum Gasteiger partial charge on any atom is -0.396 e. The van der Waals surface area contributed by atoms with Crippen molar-refractivity contribution in [2.45, 2.75) is 38.3 Å². The minimum atomic E-state index is 0.270. The van der Waals surface area contributed by atoms with Gasteiger partial charge in [-0.2, -0.15) is 0 Å². The van der Waals surface area contributed by atoms with Crippen molar-refractivity contribution in [3.05, 3.63) is 54.1 Å². The lowest BCUT2D eigenvalue weighted by Gasteiger charge is -2.29. The fraction of sp³-hybridized carbons (Fsp3) is 0.500. The maximum Gasteiger partial charge on any atom is 0.0945 e. The molecule has 118 valence electrons. The number of aliphatic hydroxyl groups is 1. The summed E-state index contributed by atoms with van der Waals surface area (Å²) in [5, 5.41) is 9.19. The van der Waals surface area contributed by atoms with E-state index in [0.29, 0.717) is 6.04 Å². The zero-order valence-electron chi connectivity index (χ0n) is 13.1. The third-order valence-corrected chi connectivity index (χ3v) is 4.57. The van der Waals surface area contributed by atoms with E-state index in [1.807, 2.05) is 18.7 Å². The number of rotatable bonds is 8. The van der Waals surface area contributed by atoms with E-state index in [1.54, 1.807) is 0 Å². The van der Waals surface area contributed by atoms with Crippen LogP contribution in [0.3, 0.4) is 0 Å². The van der Waals surface area contributed by atoms with Crippen LogP contribution in [0, 0.1) is 0 Å². The van der Waals surface area contributed by atoms with Crippen LogP contribution in [-0.4, -0.2) is 39.3 Å². The van der Waals surface area contributed by atoms with Crippen LogP contribution in [0.4, 0.5) is 0 Å². The second-order valence-electron chi connectivity index (χ2n) is 6.02. The van der Waals surface area contributed by atoms with Crippen LogP contribution in [0.15, 0.2) is 43.0 Å². The Morgan fingerprint density at radius 3 is 2.91 bits per heavy atom. The van der Waals surface area contributed by atoms with Crippen molar-refractivity contribution < 1.29 is 5.11 Å². The fourth-order valence-corrected chi connectivity index (χ4v) is 3.49. The van der Waals surface area contributed by atoms with Crippen LogP contribution in [-0.2, 0) is 13.0 Å². The highest BCUT2D eigenvalue weighted by molar-refractivity contribution is 5.34. The van der Waals surface area contributed by atoms with Crippen molar-refractivity contribution in [3.63, 3.8) is 0 Å². The van der Waals surface area contributed by atoms with Gasteiger partial charge in [-0.25, -0.2) is 4.98 Å². The summed E-state index contributed by atoms with van der Waals surface area (Å²) in [7, 11) is 0. The van der Waals surface area contributed by atoms with E-state index >= 15 is 0 Å². The van der Waals surface area contributed by atoms with Gasteiger partial charge >= 0.3 is 0 Å². The molecule has 1 N–H and O–H groups in total. The van der Waals surface area contributed by atoms with Gasteiger partial charge < -0.3 is 9.67 Å². The fourth-order valence-electron chi connectivity index (χ4n) is 3.49. The summed E-state index contributed by atoms with van der Waals surface area (Å²) in [5.74, 6) is 0. The van der Waals surface area contributed by atoms with Crippen molar-refractivity contribution in [2.75, 3.05) is 19.7 Å². The molecule has 1 atom stereocenters. The molecule has 1 heterocycles. The maximum absolute atomic E-state index is 9.19. The zero-order chi connectivity index (χ0) is 15.2. The molecule has 0 saturated carbocycles. The normalized spacial score (nSPS) is 17.1. The van der Waals surface area contributed by atoms with E-state index in [4.69, 9.17) is 0 Å². The molecule has 1 unspecified atom stereocenters. The molecule has 1 aromatic heterocycles. The summed E-state index contributed by atoms with van der Waals surface area (Å²) >= 11 is 0. The molecule has 4 heteroatoms. The monoisotopic (exact) mass is 299 g/mol. The zero-order valence-corrected chi connectivity index (χ0v) is 13.1. The van der Waals surface area contributed by atoms with Crippen LogP contribution < -0.4 is 0 Å². The number of nitrogens with zero attached hydrogens (tertiary/aromatic N) is 3. The predicted molar refractivity (Wildman–Crippen MR) is 87.6 cm³/mol. The minimum absolute atomic E-state index is 0.270. The Bertz CT molecular complexity index is 567. The number of aryl methyl sites for hydroxylation is 2. The van der Waals surface area contributed by atoms with E-state index < -0.39 is 0 Å². The molecule has 22 heavy (non-hydrogen) atoms. The molecule has 2 aromatic rings. The van der Waals surface area contributed by atoms with Gasteiger partial charge in [0, 0.05) is 44.7 Å².